The van der Waals surface area contributed by atoms with Gasteiger partial charge in [0.25, 0.3) is 5.91 Å². The molecule has 2 amide bonds. The van der Waals surface area contributed by atoms with E-state index >= 15 is 0 Å². The number of nitrogens with zero attached hydrogens (tertiary/aromatic N) is 2. The number of halogens is 4. The van der Waals surface area contributed by atoms with Gasteiger partial charge in [0.1, 0.15) is 11.9 Å². The molecule has 10 heteroatoms. The van der Waals surface area contributed by atoms with Crippen molar-refractivity contribution < 1.29 is 31.9 Å². The maximum atomic E-state index is 14.8. The number of amides is 2. The van der Waals surface area contributed by atoms with Crippen LogP contribution in [0.1, 0.15) is 67.3 Å². The number of benzene rings is 1. The Balaban J connectivity index is 1.58. The summed E-state index contributed by atoms with van der Waals surface area (Å²) in [7, 11) is 0. The van der Waals surface area contributed by atoms with Crippen molar-refractivity contribution in [3.63, 3.8) is 0 Å². The van der Waals surface area contributed by atoms with E-state index in [1.165, 1.54) is 4.90 Å². The smallest absolute Gasteiger partial charge is 0.381 e. The number of ether oxygens (including phenoxy) is 1. The maximum Gasteiger partial charge on any atom is 0.416 e. The number of likely N-dealkylation sites (tertiary alicyclic amines) is 1. The molecule has 1 N–H and O–H groups in total. The predicted octanol–water partition coefficient (Wildman–Crippen LogP) is 4.89. The van der Waals surface area contributed by atoms with Crippen molar-refractivity contribution in [3.8, 4) is 0 Å². The molecule has 0 radical (unpaired) electrons. The summed E-state index contributed by atoms with van der Waals surface area (Å²) in [6.45, 7) is 8.75. The minimum Gasteiger partial charge on any atom is -0.381 e. The highest BCUT2D eigenvalue weighted by Crippen LogP contribution is 2.35. The van der Waals surface area contributed by atoms with Crippen LogP contribution in [-0.2, 0) is 21.1 Å². The van der Waals surface area contributed by atoms with Crippen LogP contribution in [0.2, 0.25) is 0 Å². The van der Waals surface area contributed by atoms with Gasteiger partial charge in [-0.25, -0.2) is 4.39 Å². The quantitative estimate of drug-likeness (QED) is 0.569. The van der Waals surface area contributed by atoms with Crippen molar-refractivity contribution in [3.05, 3.63) is 64.7 Å². The highest BCUT2D eigenvalue weighted by molar-refractivity contribution is 5.98. The molecule has 2 aromatic rings. The molecular formula is C27H31F4N3O3. The molecule has 0 bridgehead atoms. The van der Waals surface area contributed by atoms with Crippen molar-refractivity contribution in [1.82, 2.24) is 15.2 Å². The van der Waals surface area contributed by atoms with E-state index in [9.17, 15) is 27.2 Å². The van der Waals surface area contributed by atoms with E-state index in [1.54, 1.807) is 18.3 Å². The SMILES string of the molecule is C[C@@H]1C[C@H](C(=O)N[C@@H](c2ccc(C(F)(F)F)cc2F)C2COC2)N(C(=O)c2ccnc(C(C)(C)C)c2)C1. The molecule has 0 unspecified atom stereocenters. The Morgan fingerprint density at radius 2 is 1.84 bits per heavy atom. The maximum absolute atomic E-state index is 14.8. The van der Waals surface area contributed by atoms with Gasteiger partial charge in [0.2, 0.25) is 5.91 Å². The molecular weight excluding hydrogens is 490 g/mol. The number of pyridine rings is 1. The Bertz CT molecular complexity index is 1170. The normalized spacial score (nSPS) is 21.5. The molecule has 200 valence electrons. The minimum atomic E-state index is -4.68. The zero-order valence-corrected chi connectivity index (χ0v) is 21.2. The minimum absolute atomic E-state index is 0.0393. The molecule has 2 saturated heterocycles. The van der Waals surface area contributed by atoms with Gasteiger partial charge >= 0.3 is 6.18 Å². The molecule has 3 heterocycles. The van der Waals surface area contributed by atoms with Crippen LogP contribution in [-0.4, -0.2) is 47.5 Å². The summed E-state index contributed by atoms with van der Waals surface area (Å²) >= 11 is 0. The topological polar surface area (TPSA) is 71.5 Å². The van der Waals surface area contributed by atoms with Crippen LogP contribution in [0, 0.1) is 17.7 Å². The molecule has 0 aliphatic carbocycles. The van der Waals surface area contributed by atoms with E-state index in [0.717, 1.165) is 17.8 Å². The van der Waals surface area contributed by atoms with E-state index < -0.39 is 35.5 Å². The van der Waals surface area contributed by atoms with Gasteiger partial charge in [0.05, 0.1) is 24.8 Å². The summed E-state index contributed by atoms with van der Waals surface area (Å²) in [5.74, 6) is -2.07. The van der Waals surface area contributed by atoms with Gasteiger partial charge in [-0.2, -0.15) is 13.2 Å². The standard InChI is InChI=1S/C27H31F4N3O3/c1-15-9-21(34(12-15)25(36)16-7-8-32-22(10-16)26(2,3)4)24(35)33-23(17-13-37-14-17)19-6-5-18(11-20(19)28)27(29,30)31/h5-8,10-11,15,17,21,23H,9,12-14H2,1-4H3,(H,33,35)/t15-,21-,23-/m1/s1. The third-order valence-electron chi connectivity index (χ3n) is 6.94. The first-order valence-corrected chi connectivity index (χ1v) is 12.3. The Morgan fingerprint density at radius 1 is 1.14 bits per heavy atom. The number of carbonyl (C=O) groups is 2. The van der Waals surface area contributed by atoms with Crippen LogP contribution < -0.4 is 5.32 Å². The van der Waals surface area contributed by atoms with Crippen molar-refractivity contribution in [1.29, 1.82) is 0 Å². The van der Waals surface area contributed by atoms with Crippen LogP contribution >= 0.6 is 0 Å². The van der Waals surface area contributed by atoms with Crippen LogP contribution in [0.25, 0.3) is 0 Å². The number of rotatable bonds is 5. The van der Waals surface area contributed by atoms with Gasteiger partial charge in [-0.05, 0) is 36.6 Å². The molecule has 1 aromatic carbocycles. The van der Waals surface area contributed by atoms with Gasteiger partial charge in [-0.3, -0.25) is 14.6 Å². The zero-order chi connectivity index (χ0) is 27.1. The number of nitrogens with one attached hydrogen (secondary N) is 1. The molecule has 2 fully saturated rings. The van der Waals surface area contributed by atoms with Crippen molar-refractivity contribution in [2.24, 2.45) is 11.8 Å². The van der Waals surface area contributed by atoms with Gasteiger partial charge in [0, 0.05) is 40.9 Å². The molecule has 3 atom stereocenters. The second kappa shape index (κ2) is 10.0. The van der Waals surface area contributed by atoms with E-state index in [2.05, 4.69) is 10.3 Å². The second-order valence-corrected chi connectivity index (χ2v) is 11.0. The number of hydrogen-bond donors (Lipinski definition) is 1. The summed E-state index contributed by atoms with van der Waals surface area (Å²) in [5.41, 5.74) is -0.242. The lowest BCUT2D eigenvalue weighted by Gasteiger charge is -2.36. The average molecular weight is 522 g/mol. The summed E-state index contributed by atoms with van der Waals surface area (Å²) in [4.78, 5) is 32.8. The first-order valence-electron chi connectivity index (χ1n) is 12.3. The number of aromatic nitrogens is 1. The summed E-state index contributed by atoms with van der Waals surface area (Å²) < 4.78 is 59.2. The lowest BCUT2D eigenvalue weighted by atomic mass is 9.90. The summed E-state index contributed by atoms with van der Waals surface area (Å²) in [5, 5.41) is 2.82. The van der Waals surface area contributed by atoms with Crippen molar-refractivity contribution >= 4 is 11.8 Å². The highest BCUT2D eigenvalue weighted by atomic mass is 19.4. The van der Waals surface area contributed by atoms with E-state index in [0.29, 0.717) is 24.6 Å². The third-order valence-corrected chi connectivity index (χ3v) is 6.94. The number of carbonyl (C=O) groups excluding carboxylic acids is 2. The molecule has 0 spiro atoms. The molecule has 4 rings (SSSR count). The lowest BCUT2D eigenvalue weighted by molar-refractivity contribution is -0.138. The molecule has 37 heavy (non-hydrogen) atoms. The Morgan fingerprint density at radius 3 is 2.41 bits per heavy atom. The van der Waals surface area contributed by atoms with Crippen molar-refractivity contribution in [2.75, 3.05) is 19.8 Å². The molecule has 1 aromatic heterocycles. The van der Waals surface area contributed by atoms with Gasteiger partial charge in [-0.1, -0.05) is 33.8 Å². The fraction of sp³-hybridized carbons (Fsp3) is 0.519. The van der Waals surface area contributed by atoms with Gasteiger partial charge < -0.3 is 15.0 Å². The van der Waals surface area contributed by atoms with Crippen LogP contribution in [0.4, 0.5) is 17.6 Å². The second-order valence-electron chi connectivity index (χ2n) is 11.0. The van der Waals surface area contributed by atoms with Crippen LogP contribution in [0.3, 0.4) is 0 Å². The van der Waals surface area contributed by atoms with Gasteiger partial charge in [0.15, 0.2) is 0 Å². The Kier molecular flexibility index (Phi) is 7.34. The molecule has 0 saturated carbocycles. The number of alkyl halides is 3. The largest absolute Gasteiger partial charge is 0.416 e. The first kappa shape index (κ1) is 27.0. The summed E-state index contributed by atoms with van der Waals surface area (Å²) in [6.07, 6.45) is -2.70. The van der Waals surface area contributed by atoms with E-state index in [1.807, 2.05) is 27.7 Å². The average Bonchev–Trinajstić information content (AvgIpc) is 3.17. The predicted molar refractivity (Wildman–Crippen MR) is 128 cm³/mol. The fourth-order valence-corrected chi connectivity index (χ4v) is 4.76. The fourth-order valence-electron chi connectivity index (χ4n) is 4.76. The first-order chi connectivity index (χ1) is 17.3. The van der Waals surface area contributed by atoms with E-state index in [-0.39, 0.29) is 41.9 Å². The third kappa shape index (κ3) is 5.79. The van der Waals surface area contributed by atoms with Crippen molar-refractivity contribution in [2.45, 2.75) is 57.8 Å². The molecule has 2 aliphatic heterocycles. The molecule has 2 aliphatic rings. The Labute approximate surface area is 213 Å². The van der Waals surface area contributed by atoms with Crippen LogP contribution in [0.15, 0.2) is 36.5 Å². The lowest BCUT2D eigenvalue weighted by Crippen LogP contribution is -2.50. The highest BCUT2D eigenvalue weighted by Gasteiger charge is 2.41. The summed E-state index contributed by atoms with van der Waals surface area (Å²) in [6, 6.07) is 3.97. The number of hydrogen-bond acceptors (Lipinski definition) is 4. The Hall–Kier alpha value is -3.01. The monoisotopic (exact) mass is 521 g/mol. The zero-order valence-electron chi connectivity index (χ0n) is 21.2. The van der Waals surface area contributed by atoms with E-state index in [4.69, 9.17) is 4.74 Å². The van der Waals surface area contributed by atoms with Gasteiger partial charge in [-0.15, -0.1) is 0 Å². The molecule has 6 nitrogen and oxygen atoms in total. The van der Waals surface area contributed by atoms with Crippen LogP contribution in [0.5, 0.6) is 0 Å².